The quantitative estimate of drug-likeness (QED) is 0.0438. The highest BCUT2D eigenvalue weighted by atomic mass is 31.1. The van der Waals surface area contributed by atoms with E-state index in [9.17, 15) is 29.2 Å². The van der Waals surface area contributed by atoms with Gasteiger partial charge in [-0.25, -0.2) is 4.79 Å². The molecule has 1 fully saturated rings. The van der Waals surface area contributed by atoms with Gasteiger partial charge in [-0.3, -0.25) is 14.3 Å². The second kappa shape index (κ2) is 34.6. The summed E-state index contributed by atoms with van der Waals surface area (Å²) in [6.45, 7) is 1.04. The van der Waals surface area contributed by atoms with Crippen LogP contribution in [0, 0.1) is 0 Å². The largest absolute Gasteiger partial charge is 0.400 e. The molecule has 5 N–H and O–H groups in total. The summed E-state index contributed by atoms with van der Waals surface area (Å²) in [5.41, 5.74) is -1.16. The van der Waals surface area contributed by atoms with E-state index in [1.165, 1.54) is 93.9 Å². The minimum atomic E-state index is -0.878. The molecule has 0 aliphatic carbocycles. The molecule has 0 radical (unpaired) electrons. The maximum atomic E-state index is 12.1. The van der Waals surface area contributed by atoms with Crippen LogP contribution in [0.25, 0.3) is 0 Å². The molecule has 1 aromatic rings. The molecule has 0 aromatic carbocycles. The van der Waals surface area contributed by atoms with E-state index in [0.29, 0.717) is 6.61 Å². The number of aliphatic hydroxyl groups is 2. The number of H-pyrrole nitrogens is 1. The summed E-state index contributed by atoms with van der Waals surface area (Å²) >= 11 is 0. The highest BCUT2D eigenvalue weighted by Gasteiger charge is 2.47. The van der Waals surface area contributed by atoms with Crippen LogP contribution in [0.3, 0.4) is 0 Å². The first-order chi connectivity index (χ1) is 24.0. The van der Waals surface area contributed by atoms with Crippen molar-refractivity contribution in [1.82, 2.24) is 14.9 Å². The number of nitrogens with zero attached hydrogens (tertiary/aromatic N) is 1. The van der Waals surface area contributed by atoms with Gasteiger partial charge in [0, 0.05) is 38.8 Å². The van der Waals surface area contributed by atoms with Crippen LogP contribution < -0.4 is 16.6 Å². The molecule has 5 unspecified atom stereocenters. The van der Waals surface area contributed by atoms with Gasteiger partial charge in [0.2, 0.25) is 0 Å². The Kier molecular flexibility index (Phi) is 33.3. The summed E-state index contributed by atoms with van der Waals surface area (Å²) < 4.78 is 18.2. The summed E-state index contributed by atoms with van der Waals surface area (Å²) in [7, 11) is 2.11. The summed E-state index contributed by atoms with van der Waals surface area (Å²) in [4.78, 5) is 55.1. The Balaban J connectivity index is 0.000000936. The minimum Gasteiger partial charge on any atom is -0.400 e. The number of rotatable bonds is 29. The highest BCUT2D eigenvalue weighted by molar-refractivity contribution is 7.25. The van der Waals surface area contributed by atoms with E-state index >= 15 is 0 Å². The van der Waals surface area contributed by atoms with Crippen LogP contribution in [-0.4, -0.2) is 89.5 Å². The number of carbonyl (C=O) groups excluding carboxylic acids is 2. The van der Waals surface area contributed by atoms with Gasteiger partial charge in [0.1, 0.15) is 30.9 Å². The summed E-state index contributed by atoms with van der Waals surface area (Å²) in [5, 5.41) is 19.7. The van der Waals surface area contributed by atoms with Crippen molar-refractivity contribution in [3.63, 3.8) is 0 Å². The normalized spacial score (nSPS) is 18.6. The summed E-state index contributed by atoms with van der Waals surface area (Å²) in [6.07, 6.45) is 24.0. The molecule has 49 heavy (non-hydrogen) atoms. The second-order valence-electron chi connectivity index (χ2n) is 12.2. The van der Waals surface area contributed by atoms with Crippen molar-refractivity contribution in [2.75, 3.05) is 33.9 Å². The first kappa shape index (κ1) is 47.2. The molecule has 1 aromatic heterocycles. The van der Waals surface area contributed by atoms with Crippen LogP contribution >= 0.6 is 9.03 Å². The fourth-order valence-electron chi connectivity index (χ4n) is 5.64. The predicted molar refractivity (Wildman–Crippen MR) is 194 cm³/mol. The first-order valence-corrected chi connectivity index (χ1v) is 19.1. The number of hydrogen-bond acceptors (Lipinski definition) is 11. The summed E-state index contributed by atoms with van der Waals surface area (Å²) in [5.74, 6) is 0. The summed E-state index contributed by atoms with van der Waals surface area (Å²) in [6, 6.07) is 1.21. The first-order valence-electron chi connectivity index (χ1n) is 18.2. The van der Waals surface area contributed by atoms with E-state index in [0.717, 1.165) is 77.6 Å². The van der Waals surface area contributed by atoms with Gasteiger partial charge in [0.05, 0.1) is 6.61 Å². The number of nitrogens with one attached hydrogen (secondary N) is 2. The number of aromatic nitrogens is 2. The monoisotopic (exact) mass is 719 g/mol. The Hall–Kier alpha value is -1.83. The van der Waals surface area contributed by atoms with Crippen molar-refractivity contribution in [2.24, 2.45) is 0 Å². The van der Waals surface area contributed by atoms with E-state index in [4.69, 9.17) is 19.1 Å². The molecule has 1 aliphatic heterocycles. The lowest BCUT2D eigenvalue weighted by Crippen LogP contribution is -2.40. The molecule has 2 rings (SSSR count). The molecule has 13 nitrogen and oxygen atoms in total. The van der Waals surface area contributed by atoms with Gasteiger partial charge in [0.15, 0.2) is 15.3 Å². The zero-order chi connectivity index (χ0) is 36.4. The van der Waals surface area contributed by atoms with Crippen molar-refractivity contribution >= 4 is 21.6 Å². The molecule has 286 valence electrons. The lowest BCUT2D eigenvalue weighted by atomic mass is 10.0. The van der Waals surface area contributed by atoms with Gasteiger partial charge in [-0.2, -0.15) is 0 Å². The zero-order valence-corrected chi connectivity index (χ0v) is 31.0. The Morgan fingerprint density at radius 3 is 1.76 bits per heavy atom. The fraction of sp³-hybridized carbons (Fsp3) is 0.829. The van der Waals surface area contributed by atoms with Crippen molar-refractivity contribution < 1.29 is 38.7 Å². The average Bonchev–Trinajstić information content (AvgIpc) is 3.45. The number of hydrogen-bond donors (Lipinski definition) is 5. The van der Waals surface area contributed by atoms with Gasteiger partial charge in [-0.15, -0.1) is 0 Å². The topological polar surface area (TPSA) is 189 Å². The number of aldehydes is 2. The van der Waals surface area contributed by atoms with Crippen LogP contribution in [0.15, 0.2) is 21.9 Å². The van der Waals surface area contributed by atoms with Crippen LogP contribution in [-0.2, 0) is 23.6 Å². The Morgan fingerprint density at radius 2 is 1.31 bits per heavy atom. The molecule has 0 spiro atoms. The van der Waals surface area contributed by atoms with Crippen LogP contribution in [0.4, 0.5) is 0 Å². The molecule has 0 amide bonds. The van der Waals surface area contributed by atoms with Gasteiger partial charge < -0.3 is 44.0 Å². The van der Waals surface area contributed by atoms with Gasteiger partial charge in [-0.05, 0) is 39.3 Å². The maximum Gasteiger partial charge on any atom is 0.330 e. The Bertz CT molecular complexity index is 990. The third kappa shape index (κ3) is 23.3. The van der Waals surface area contributed by atoms with Crippen molar-refractivity contribution in [2.45, 2.75) is 153 Å². The van der Waals surface area contributed by atoms with E-state index in [-0.39, 0.29) is 6.61 Å². The highest BCUT2D eigenvalue weighted by Crippen LogP contribution is 2.35. The van der Waals surface area contributed by atoms with Gasteiger partial charge in [-0.1, -0.05) is 89.9 Å². The van der Waals surface area contributed by atoms with Crippen LogP contribution in [0.5, 0.6) is 0 Å². The number of aliphatic hydroxyl groups excluding tert-OH is 2. The maximum absolute atomic E-state index is 12.1. The van der Waals surface area contributed by atoms with Crippen molar-refractivity contribution in [3.8, 4) is 0 Å². The van der Waals surface area contributed by atoms with Crippen LogP contribution in [0.2, 0.25) is 0 Å². The molecule has 1 saturated heterocycles. The van der Waals surface area contributed by atoms with E-state index in [1.54, 1.807) is 0 Å². The molecule has 0 saturated carbocycles. The van der Waals surface area contributed by atoms with Crippen molar-refractivity contribution in [3.05, 3.63) is 33.1 Å². The SMILES string of the molecule is CNCCCCCCOC1C(OPO)C(CO)OC1n1ccc(=O)[nH]c1=O.CO.O=CCCCCCCCCCCCCCCCCC=O. The van der Waals surface area contributed by atoms with Crippen molar-refractivity contribution in [1.29, 1.82) is 0 Å². The third-order valence-electron chi connectivity index (χ3n) is 8.30. The van der Waals surface area contributed by atoms with E-state index < -0.39 is 44.8 Å². The molecular weight excluding hydrogens is 653 g/mol. The predicted octanol–water partition coefficient (Wildman–Crippen LogP) is 4.71. The molecule has 1 aliphatic rings. The molecule has 0 bridgehead atoms. The number of unbranched alkanes of at least 4 members (excludes halogenated alkanes) is 18. The van der Waals surface area contributed by atoms with E-state index in [2.05, 4.69) is 10.3 Å². The zero-order valence-electron chi connectivity index (χ0n) is 30.0. The lowest BCUT2D eigenvalue weighted by molar-refractivity contribution is -0.108. The van der Waals surface area contributed by atoms with E-state index in [1.807, 2.05) is 7.05 Å². The number of aromatic amines is 1. The molecular formula is C35H66N3O10P. The second-order valence-corrected chi connectivity index (χ2v) is 12.6. The van der Waals surface area contributed by atoms with Gasteiger partial charge in [0.25, 0.3) is 5.56 Å². The lowest BCUT2D eigenvalue weighted by Gasteiger charge is -2.24. The Morgan fingerprint density at radius 1 is 0.816 bits per heavy atom. The molecule has 2 heterocycles. The molecule has 5 atom stereocenters. The number of ether oxygens (including phenoxy) is 2. The smallest absolute Gasteiger partial charge is 0.330 e. The third-order valence-corrected chi connectivity index (χ3v) is 8.68. The molecule has 14 heteroatoms. The number of carbonyl (C=O) groups is 2. The fourth-order valence-corrected chi connectivity index (χ4v) is 6.05. The minimum absolute atomic E-state index is 0.354. The van der Waals surface area contributed by atoms with Gasteiger partial charge >= 0.3 is 5.69 Å². The van der Waals surface area contributed by atoms with Crippen LogP contribution in [0.1, 0.15) is 135 Å². The average molecular weight is 720 g/mol. The Labute approximate surface area is 294 Å². The standard InChI is InChI=1S/C18H34O2.C16H28N3O7P.CH4O/c19-17-15-13-11-9-7-5-3-1-2-4-6-8-10-12-14-16-18-20;1-17-7-4-2-3-5-9-24-14-13(26-27-23)11(10-20)25-15(14)19-8-6-12(21)18-16(19)22;1-2/h17-18H,1-16H2;6,8,11,13-15,17,20,23,27H,2-5,7,9-10H2,1H3,(H,18,21,22);2H,1H3.